The van der Waals surface area contributed by atoms with E-state index < -0.39 is 52.3 Å². The van der Waals surface area contributed by atoms with Crippen molar-refractivity contribution in [1.82, 2.24) is 19.8 Å². The summed E-state index contributed by atoms with van der Waals surface area (Å²) in [7, 11) is -4.41. The van der Waals surface area contributed by atoms with Crippen molar-refractivity contribution in [1.29, 1.82) is 0 Å². The number of carbonyl (C=O) groups excluding carboxylic acids is 2. The molecule has 284 valence electrons. The Balaban J connectivity index is 2.10. The molecule has 0 aliphatic carbocycles. The molecule has 0 heterocycles. The van der Waals surface area contributed by atoms with Gasteiger partial charge in [0.2, 0.25) is 21.8 Å². The van der Waals surface area contributed by atoms with Gasteiger partial charge in [0.25, 0.3) is 0 Å². The molecule has 0 saturated carbocycles. The summed E-state index contributed by atoms with van der Waals surface area (Å²) in [4.78, 5) is 44.0. The van der Waals surface area contributed by atoms with Gasteiger partial charge in [0, 0.05) is 42.3 Å². The molecule has 12 nitrogen and oxygen atoms in total. The lowest BCUT2D eigenvalue weighted by atomic mass is 9.96. The van der Waals surface area contributed by atoms with Crippen LogP contribution in [0.1, 0.15) is 45.7 Å². The van der Waals surface area contributed by atoms with Crippen LogP contribution in [0.25, 0.3) is 0 Å². The molecule has 3 rings (SSSR count). The van der Waals surface area contributed by atoms with E-state index in [2.05, 4.69) is 10.0 Å². The van der Waals surface area contributed by atoms with Crippen LogP contribution in [0.4, 0.5) is 4.79 Å². The minimum Gasteiger partial charge on any atom is -0.465 e. The fourth-order valence-electron chi connectivity index (χ4n) is 5.34. The highest BCUT2D eigenvalue weighted by atomic mass is 35.5. The molecule has 16 heteroatoms. The average molecular weight is 800 g/mol. The average Bonchev–Trinajstić information content (AvgIpc) is 3.09. The lowest BCUT2D eigenvalue weighted by Gasteiger charge is -2.40. The molecule has 2 unspecified atom stereocenters. The van der Waals surface area contributed by atoms with E-state index in [1.54, 1.807) is 82.3 Å². The minimum absolute atomic E-state index is 0.00710. The van der Waals surface area contributed by atoms with E-state index in [-0.39, 0.29) is 40.5 Å². The van der Waals surface area contributed by atoms with Gasteiger partial charge in [0.15, 0.2) is 6.29 Å². The summed E-state index contributed by atoms with van der Waals surface area (Å²) in [6.45, 7) is 8.19. The molecular weight excluding hydrogens is 755 g/mol. The summed E-state index contributed by atoms with van der Waals surface area (Å²) >= 11 is 18.3. The molecule has 0 spiro atoms. The van der Waals surface area contributed by atoms with Crippen LogP contribution in [0.2, 0.25) is 15.1 Å². The van der Waals surface area contributed by atoms with E-state index in [1.807, 2.05) is 0 Å². The molecule has 0 aliphatic rings. The Morgan fingerprint density at radius 3 is 2.02 bits per heavy atom. The van der Waals surface area contributed by atoms with Crippen LogP contribution in [0.3, 0.4) is 0 Å². The first-order chi connectivity index (χ1) is 24.5. The monoisotopic (exact) mass is 798 g/mol. The highest BCUT2D eigenvalue weighted by molar-refractivity contribution is 7.89. The van der Waals surface area contributed by atoms with Crippen LogP contribution >= 0.6 is 34.8 Å². The first-order valence-electron chi connectivity index (χ1n) is 16.6. The van der Waals surface area contributed by atoms with E-state index in [4.69, 9.17) is 44.3 Å². The number of nitrogens with zero attached hydrogens (tertiary/aromatic N) is 2. The first kappa shape index (κ1) is 43.0. The number of carboxylic acid groups (broad SMARTS) is 1. The number of hydrogen-bond acceptors (Lipinski definition) is 7. The molecule has 3 amide bonds. The van der Waals surface area contributed by atoms with Gasteiger partial charge in [-0.15, -0.1) is 0 Å². The molecule has 0 aliphatic heterocycles. The topological polar surface area (TPSA) is 155 Å². The van der Waals surface area contributed by atoms with Gasteiger partial charge in [-0.1, -0.05) is 77.3 Å². The van der Waals surface area contributed by atoms with Crippen molar-refractivity contribution in [3.63, 3.8) is 0 Å². The molecule has 0 radical (unpaired) electrons. The molecule has 3 aromatic rings. The fourth-order valence-corrected chi connectivity index (χ4v) is 7.36. The third-order valence-electron chi connectivity index (χ3n) is 8.20. The van der Waals surface area contributed by atoms with Gasteiger partial charge in [0.1, 0.15) is 16.5 Å². The number of nitrogens with one attached hydrogen (secondary N) is 2. The first-order valence-corrected chi connectivity index (χ1v) is 19.2. The fraction of sp³-hybridized carbons (Fsp3) is 0.417. The van der Waals surface area contributed by atoms with E-state index in [0.29, 0.717) is 29.4 Å². The number of benzene rings is 3. The normalized spacial score (nSPS) is 13.4. The van der Waals surface area contributed by atoms with Crippen LogP contribution < -0.4 is 10.0 Å². The highest BCUT2D eigenvalue weighted by Gasteiger charge is 2.45. The highest BCUT2D eigenvalue weighted by Crippen LogP contribution is 2.27. The van der Waals surface area contributed by atoms with Crippen LogP contribution in [0, 0.1) is 0 Å². The minimum atomic E-state index is -4.41. The SMILES string of the molecule is CCOC(CN(C(=O)C(Cc1ccc(Cl)cc1)NC(=O)C(C)(CNS(=O)(=O)c1ccc(Cl)cc1Cl)N(Cc1ccccc1)C(=O)O)C(C)C)OCC. The Morgan fingerprint density at radius 2 is 1.48 bits per heavy atom. The van der Waals surface area contributed by atoms with Crippen molar-refractivity contribution in [2.45, 2.75) is 76.4 Å². The maximum Gasteiger partial charge on any atom is 0.408 e. The maximum absolute atomic E-state index is 14.6. The number of halogens is 3. The van der Waals surface area contributed by atoms with Gasteiger partial charge in [-0.3, -0.25) is 14.5 Å². The van der Waals surface area contributed by atoms with E-state index >= 15 is 0 Å². The van der Waals surface area contributed by atoms with E-state index in [9.17, 15) is 27.9 Å². The summed E-state index contributed by atoms with van der Waals surface area (Å²) in [5.74, 6) is -1.43. The summed E-state index contributed by atoms with van der Waals surface area (Å²) < 4.78 is 40.9. The third-order valence-corrected chi connectivity index (χ3v) is 10.6. The number of rotatable bonds is 19. The molecular formula is C36H45Cl3N4O8S. The van der Waals surface area contributed by atoms with Gasteiger partial charge in [-0.25, -0.2) is 17.9 Å². The quantitative estimate of drug-likeness (QED) is 0.121. The van der Waals surface area contributed by atoms with Crippen molar-refractivity contribution in [2.75, 3.05) is 26.3 Å². The summed E-state index contributed by atoms with van der Waals surface area (Å²) in [5, 5.41) is 13.8. The lowest BCUT2D eigenvalue weighted by molar-refractivity contribution is -0.163. The van der Waals surface area contributed by atoms with Crippen molar-refractivity contribution >= 4 is 62.7 Å². The Bertz CT molecular complexity index is 1760. The molecule has 3 N–H and O–H groups in total. The Labute approximate surface area is 320 Å². The Hall–Kier alpha value is -3.43. The Kier molecular flexibility index (Phi) is 16.2. The van der Waals surface area contributed by atoms with Crippen LogP contribution in [0.15, 0.2) is 77.7 Å². The second-order valence-corrected chi connectivity index (χ2v) is 15.3. The summed E-state index contributed by atoms with van der Waals surface area (Å²) in [6, 6.07) is 17.4. The number of ether oxygens (including phenoxy) is 2. The smallest absolute Gasteiger partial charge is 0.408 e. The molecule has 0 fully saturated rings. The largest absolute Gasteiger partial charge is 0.465 e. The van der Waals surface area contributed by atoms with Crippen molar-refractivity contribution in [3.05, 3.63) is 99.0 Å². The number of carbonyl (C=O) groups is 3. The second-order valence-electron chi connectivity index (χ2n) is 12.3. The zero-order valence-electron chi connectivity index (χ0n) is 29.6. The second kappa shape index (κ2) is 19.6. The predicted octanol–water partition coefficient (Wildman–Crippen LogP) is 6.23. The molecule has 3 aromatic carbocycles. The molecule has 0 saturated heterocycles. The number of hydrogen-bond donors (Lipinski definition) is 3. The maximum atomic E-state index is 14.6. The summed E-state index contributed by atoms with van der Waals surface area (Å²) in [6.07, 6.45) is -2.26. The zero-order valence-corrected chi connectivity index (χ0v) is 32.7. The van der Waals surface area contributed by atoms with Gasteiger partial charge in [-0.05, 0) is 76.1 Å². The third kappa shape index (κ3) is 11.8. The Morgan fingerprint density at radius 1 is 0.885 bits per heavy atom. The number of amides is 3. The lowest BCUT2D eigenvalue weighted by Crippen LogP contribution is -2.66. The van der Waals surface area contributed by atoms with Gasteiger partial charge >= 0.3 is 6.09 Å². The van der Waals surface area contributed by atoms with E-state index in [1.165, 1.54) is 30.0 Å². The molecule has 2 atom stereocenters. The van der Waals surface area contributed by atoms with Gasteiger partial charge in [0.05, 0.1) is 18.1 Å². The van der Waals surface area contributed by atoms with E-state index in [0.717, 1.165) is 4.90 Å². The van der Waals surface area contributed by atoms with Crippen molar-refractivity contribution in [2.24, 2.45) is 0 Å². The van der Waals surface area contributed by atoms with Gasteiger partial charge < -0.3 is 24.8 Å². The van der Waals surface area contributed by atoms with Crippen LogP contribution in [0.5, 0.6) is 0 Å². The van der Waals surface area contributed by atoms with Gasteiger partial charge in [-0.2, -0.15) is 0 Å². The molecule has 0 bridgehead atoms. The molecule has 0 aromatic heterocycles. The summed E-state index contributed by atoms with van der Waals surface area (Å²) in [5.41, 5.74) is -0.934. The van der Waals surface area contributed by atoms with Crippen molar-refractivity contribution < 1.29 is 37.4 Å². The van der Waals surface area contributed by atoms with Crippen LogP contribution in [-0.2, 0) is 42.1 Å². The predicted molar refractivity (Wildman–Crippen MR) is 201 cm³/mol. The standard InChI is InChI=1S/C36H45Cl3N4O8S/c1-6-50-32(51-7-2)22-42(24(3)4)33(44)30(19-25-13-15-27(37)16-14-25)41-34(45)36(5,43(35(46)47)21-26-11-9-8-10-12-26)23-40-52(48,49)31-18-17-28(38)20-29(31)39/h8-18,20,24,30,32,40H,6-7,19,21-23H2,1-5H3,(H,41,45)(H,46,47). The molecule has 52 heavy (non-hydrogen) atoms. The van der Waals surface area contributed by atoms with Crippen LogP contribution in [-0.4, -0.2) is 91.4 Å². The number of sulfonamides is 1. The zero-order chi connectivity index (χ0) is 38.6. The van der Waals surface area contributed by atoms with Crippen molar-refractivity contribution in [3.8, 4) is 0 Å².